The lowest BCUT2D eigenvalue weighted by Gasteiger charge is -2.34. The highest BCUT2D eigenvalue weighted by Gasteiger charge is 2.35. The molecule has 1 rings (SSSR count). The predicted molar refractivity (Wildman–Crippen MR) is 41.7 cm³/mol. The van der Waals surface area contributed by atoms with E-state index >= 15 is 0 Å². The maximum atomic E-state index is 13.5. The summed E-state index contributed by atoms with van der Waals surface area (Å²) in [5, 5.41) is 8.58. The normalized spacial score (nSPS) is 30.3. The Kier molecular flexibility index (Phi) is 2.52. The number of piperidine rings is 1. The number of halogens is 1. The molecule has 0 bridgehead atoms. The van der Waals surface area contributed by atoms with Crippen LogP contribution in [0.3, 0.4) is 0 Å². The van der Waals surface area contributed by atoms with Gasteiger partial charge in [-0.05, 0) is 12.8 Å². The first kappa shape index (κ1) is 9.25. The molecule has 1 heterocycles. The van der Waals surface area contributed by atoms with Crippen molar-refractivity contribution in [2.75, 3.05) is 19.6 Å². The van der Waals surface area contributed by atoms with Crippen molar-refractivity contribution < 1.29 is 14.3 Å². The van der Waals surface area contributed by atoms with E-state index in [1.807, 2.05) is 0 Å². The Morgan fingerprint density at radius 2 is 2.42 bits per heavy atom. The molecule has 1 fully saturated rings. The van der Waals surface area contributed by atoms with Crippen LogP contribution in [-0.2, 0) is 0 Å². The molecule has 1 saturated heterocycles. The zero-order chi connectivity index (χ0) is 9.19. The van der Waals surface area contributed by atoms with E-state index in [1.165, 1.54) is 0 Å². The van der Waals surface area contributed by atoms with Gasteiger partial charge in [0, 0.05) is 13.1 Å². The topological polar surface area (TPSA) is 66.6 Å². The van der Waals surface area contributed by atoms with Crippen LogP contribution in [0.1, 0.15) is 12.8 Å². The number of hydrogen-bond donors (Lipinski definition) is 2. The molecular weight excluding hydrogens is 163 g/mol. The lowest BCUT2D eigenvalue weighted by molar-refractivity contribution is 0.0511. The molecule has 0 aliphatic carbocycles. The monoisotopic (exact) mass is 176 g/mol. The molecule has 0 radical (unpaired) electrons. The van der Waals surface area contributed by atoms with E-state index in [0.717, 1.165) is 4.90 Å². The van der Waals surface area contributed by atoms with Crippen molar-refractivity contribution in [3.8, 4) is 0 Å². The van der Waals surface area contributed by atoms with E-state index in [4.69, 9.17) is 10.8 Å². The summed E-state index contributed by atoms with van der Waals surface area (Å²) in [4.78, 5) is 11.6. The molecule has 0 saturated carbocycles. The molecule has 70 valence electrons. The maximum absolute atomic E-state index is 13.5. The number of nitrogens with zero attached hydrogens (tertiary/aromatic N) is 1. The molecule has 5 heteroatoms. The first-order valence-electron chi connectivity index (χ1n) is 3.94. The molecule has 1 aliphatic heterocycles. The van der Waals surface area contributed by atoms with E-state index in [-0.39, 0.29) is 13.1 Å². The molecular formula is C7H13FN2O2. The van der Waals surface area contributed by atoms with Gasteiger partial charge >= 0.3 is 6.09 Å². The second kappa shape index (κ2) is 3.26. The molecule has 0 aromatic heterocycles. The Labute approximate surface area is 70.1 Å². The number of alkyl halides is 1. The largest absolute Gasteiger partial charge is 0.465 e. The molecule has 12 heavy (non-hydrogen) atoms. The van der Waals surface area contributed by atoms with Gasteiger partial charge in [-0.2, -0.15) is 0 Å². The zero-order valence-corrected chi connectivity index (χ0v) is 6.79. The highest BCUT2D eigenvalue weighted by molar-refractivity contribution is 5.65. The van der Waals surface area contributed by atoms with Gasteiger partial charge in [0.2, 0.25) is 0 Å². The minimum absolute atomic E-state index is 0.0845. The second-order valence-corrected chi connectivity index (χ2v) is 3.16. The first-order chi connectivity index (χ1) is 5.57. The number of nitrogens with two attached hydrogens (primary N) is 1. The van der Waals surface area contributed by atoms with Gasteiger partial charge in [-0.1, -0.05) is 0 Å². The van der Waals surface area contributed by atoms with Crippen molar-refractivity contribution in [3.05, 3.63) is 0 Å². The maximum Gasteiger partial charge on any atom is 0.407 e. The summed E-state index contributed by atoms with van der Waals surface area (Å²) in [7, 11) is 0. The lowest BCUT2D eigenvalue weighted by atomic mass is 9.95. The summed E-state index contributed by atoms with van der Waals surface area (Å²) in [5.74, 6) is 0. The highest BCUT2D eigenvalue weighted by Crippen LogP contribution is 2.23. The molecule has 1 amide bonds. The number of carboxylic acid groups (broad SMARTS) is 1. The lowest BCUT2D eigenvalue weighted by Crippen LogP contribution is -2.51. The summed E-state index contributed by atoms with van der Waals surface area (Å²) in [6, 6.07) is 0. The van der Waals surface area contributed by atoms with E-state index in [0.29, 0.717) is 19.4 Å². The quantitative estimate of drug-likeness (QED) is 0.608. The van der Waals surface area contributed by atoms with Crippen LogP contribution in [-0.4, -0.2) is 41.4 Å². The molecule has 0 spiro atoms. The second-order valence-electron chi connectivity index (χ2n) is 3.16. The summed E-state index contributed by atoms with van der Waals surface area (Å²) in [6.45, 7) is 0.233. The van der Waals surface area contributed by atoms with Crippen LogP contribution in [0, 0.1) is 0 Å². The van der Waals surface area contributed by atoms with E-state index < -0.39 is 11.8 Å². The van der Waals surface area contributed by atoms with Gasteiger partial charge < -0.3 is 15.7 Å². The van der Waals surface area contributed by atoms with Crippen LogP contribution in [0.5, 0.6) is 0 Å². The number of amides is 1. The molecule has 1 unspecified atom stereocenters. The van der Waals surface area contributed by atoms with E-state index in [1.54, 1.807) is 0 Å². The minimum atomic E-state index is -1.50. The highest BCUT2D eigenvalue weighted by atomic mass is 19.1. The third-order valence-electron chi connectivity index (χ3n) is 2.16. The van der Waals surface area contributed by atoms with Gasteiger partial charge in [0.05, 0.1) is 6.54 Å². The Morgan fingerprint density at radius 1 is 1.75 bits per heavy atom. The van der Waals surface area contributed by atoms with Crippen LogP contribution in [0.15, 0.2) is 0 Å². The minimum Gasteiger partial charge on any atom is -0.465 e. The van der Waals surface area contributed by atoms with Gasteiger partial charge in [-0.25, -0.2) is 9.18 Å². The fraction of sp³-hybridized carbons (Fsp3) is 0.857. The van der Waals surface area contributed by atoms with Gasteiger partial charge in [0.15, 0.2) is 0 Å². The third kappa shape index (κ3) is 1.85. The SMILES string of the molecule is NCC1(F)CCCN(C(=O)O)C1. The van der Waals surface area contributed by atoms with Gasteiger partial charge in [-0.15, -0.1) is 0 Å². The van der Waals surface area contributed by atoms with E-state index in [9.17, 15) is 9.18 Å². The molecule has 3 N–H and O–H groups in total. The molecule has 1 atom stereocenters. The molecule has 4 nitrogen and oxygen atoms in total. The standard InChI is InChI=1S/C7H13FN2O2/c8-7(4-9)2-1-3-10(5-7)6(11)12/h1-5,9H2,(H,11,12). The Bertz CT molecular complexity index is 188. The summed E-state index contributed by atoms with van der Waals surface area (Å²) >= 11 is 0. The summed E-state index contributed by atoms with van der Waals surface area (Å²) in [6.07, 6.45) is -0.141. The fourth-order valence-corrected chi connectivity index (χ4v) is 1.42. The third-order valence-corrected chi connectivity index (χ3v) is 2.16. The van der Waals surface area contributed by atoms with Gasteiger partial charge in [0.25, 0.3) is 0 Å². The van der Waals surface area contributed by atoms with Crippen molar-refractivity contribution in [3.63, 3.8) is 0 Å². The van der Waals surface area contributed by atoms with E-state index in [2.05, 4.69) is 0 Å². The van der Waals surface area contributed by atoms with Crippen molar-refractivity contribution in [1.82, 2.24) is 4.90 Å². The van der Waals surface area contributed by atoms with Crippen molar-refractivity contribution >= 4 is 6.09 Å². The van der Waals surface area contributed by atoms with Crippen LogP contribution < -0.4 is 5.73 Å². The molecule has 1 aliphatic rings. The van der Waals surface area contributed by atoms with Crippen LogP contribution in [0.4, 0.5) is 9.18 Å². The van der Waals surface area contributed by atoms with Crippen molar-refractivity contribution in [1.29, 1.82) is 0 Å². The average molecular weight is 176 g/mol. The Morgan fingerprint density at radius 3 is 2.92 bits per heavy atom. The van der Waals surface area contributed by atoms with Gasteiger partial charge in [-0.3, -0.25) is 0 Å². The van der Waals surface area contributed by atoms with Crippen molar-refractivity contribution in [2.24, 2.45) is 5.73 Å². The number of likely N-dealkylation sites (tertiary alicyclic amines) is 1. The van der Waals surface area contributed by atoms with Crippen LogP contribution >= 0.6 is 0 Å². The summed E-state index contributed by atoms with van der Waals surface area (Å²) in [5.41, 5.74) is 3.70. The van der Waals surface area contributed by atoms with Crippen LogP contribution in [0.2, 0.25) is 0 Å². The molecule has 0 aromatic rings. The smallest absolute Gasteiger partial charge is 0.407 e. The Balaban J connectivity index is 2.57. The molecule has 0 aromatic carbocycles. The van der Waals surface area contributed by atoms with Crippen LogP contribution in [0.25, 0.3) is 0 Å². The number of hydrogen-bond acceptors (Lipinski definition) is 2. The zero-order valence-electron chi connectivity index (χ0n) is 6.79. The number of carbonyl (C=O) groups is 1. The van der Waals surface area contributed by atoms with Gasteiger partial charge in [0.1, 0.15) is 5.67 Å². The predicted octanol–water partition coefficient (Wildman–Crippen LogP) is 0.427. The first-order valence-corrected chi connectivity index (χ1v) is 3.94. The Hall–Kier alpha value is -0.840. The van der Waals surface area contributed by atoms with Crippen molar-refractivity contribution in [2.45, 2.75) is 18.5 Å². The summed E-state index contributed by atoms with van der Waals surface area (Å²) < 4.78 is 13.5. The fourth-order valence-electron chi connectivity index (χ4n) is 1.42. The average Bonchev–Trinajstić information content (AvgIpc) is 2.05. The number of rotatable bonds is 1.